The number of para-hydroxylation sites is 2. The lowest BCUT2D eigenvalue weighted by atomic mass is 9.98. The number of nitrogens with zero attached hydrogens (tertiary/aromatic N) is 2. The zero-order valence-electron chi connectivity index (χ0n) is 26.5. The number of aromatic nitrogens is 2. The molecule has 0 aliphatic rings. The number of halogens is 1. The molecule has 0 saturated heterocycles. The summed E-state index contributed by atoms with van der Waals surface area (Å²) < 4.78 is 18.5. The van der Waals surface area contributed by atoms with Crippen LogP contribution in [0.2, 0.25) is 0 Å². The molecule has 10 aromatic rings. The maximum Gasteiger partial charge on any atom is 0.123 e. The molecule has 0 radical (unpaired) electrons. The van der Waals surface area contributed by atoms with Gasteiger partial charge in [0, 0.05) is 32.9 Å². The second-order valence-electron chi connectivity index (χ2n) is 12.8. The van der Waals surface area contributed by atoms with Crippen LogP contribution >= 0.6 is 0 Å². The topological polar surface area (TPSA) is 9.86 Å². The summed E-state index contributed by atoms with van der Waals surface area (Å²) >= 11 is 0. The van der Waals surface area contributed by atoms with Crippen LogP contribution in [0.15, 0.2) is 176 Å². The van der Waals surface area contributed by atoms with Crippen LogP contribution in [0, 0.1) is 5.82 Å². The molecule has 0 bridgehead atoms. The number of hydrogen-bond donors (Lipinski definition) is 0. The van der Waals surface area contributed by atoms with E-state index in [-0.39, 0.29) is 5.82 Å². The monoisotopic (exact) mass is 628 g/mol. The van der Waals surface area contributed by atoms with Crippen molar-refractivity contribution in [1.29, 1.82) is 0 Å². The van der Waals surface area contributed by atoms with Crippen molar-refractivity contribution in [3.8, 4) is 33.6 Å². The summed E-state index contributed by atoms with van der Waals surface area (Å²) in [4.78, 5) is 0. The van der Waals surface area contributed by atoms with Gasteiger partial charge in [-0.3, -0.25) is 0 Å². The maximum absolute atomic E-state index is 13.9. The molecule has 49 heavy (non-hydrogen) atoms. The third kappa shape index (κ3) is 4.40. The summed E-state index contributed by atoms with van der Waals surface area (Å²) in [5.74, 6) is -0.236. The maximum atomic E-state index is 13.9. The van der Waals surface area contributed by atoms with Gasteiger partial charge in [-0.2, -0.15) is 0 Å². The minimum atomic E-state index is -0.236. The highest BCUT2D eigenvalue weighted by molar-refractivity contribution is 6.11. The SMILES string of the molecule is Fc1ccc(-n2c3ccccc3c3ccc(-c4ccc(-c5ccc6c7ccccc7n(-c7ccc8ccccc8c7)c6c5)cc4)cc32)cc1. The Morgan fingerprint density at radius 2 is 0.755 bits per heavy atom. The molecule has 0 atom stereocenters. The molecule has 0 fully saturated rings. The third-order valence-corrected chi connectivity index (χ3v) is 9.98. The third-order valence-electron chi connectivity index (χ3n) is 9.98. The molecule has 0 spiro atoms. The highest BCUT2D eigenvalue weighted by Crippen LogP contribution is 2.38. The summed E-state index contributed by atoms with van der Waals surface area (Å²) in [6.45, 7) is 0. The highest BCUT2D eigenvalue weighted by atomic mass is 19.1. The molecule has 0 unspecified atom stereocenters. The van der Waals surface area contributed by atoms with Crippen LogP contribution in [0.3, 0.4) is 0 Å². The Labute approximate surface area is 282 Å². The zero-order chi connectivity index (χ0) is 32.5. The molecule has 0 amide bonds. The van der Waals surface area contributed by atoms with E-state index in [9.17, 15) is 4.39 Å². The average molecular weight is 629 g/mol. The largest absolute Gasteiger partial charge is 0.309 e. The quantitative estimate of drug-likeness (QED) is 0.184. The van der Waals surface area contributed by atoms with Crippen molar-refractivity contribution >= 4 is 54.4 Å². The lowest BCUT2D eigenvalue weighted by Crippen LogP contribution is -1.94. The van der Waals surface area contributed by atoms with Crippen LogP contribution in [0.4, 0.5) is 4.39 Å². The van der Waals surface area contributed by atoms with Crippen molar-refractivity contribution in [3.63, 3.8) is 0 Å². The van der Waals surface area contributed by atoms with Gasteiger partial charge in [0.25, 0.3) is 0 Å². The molecule has 0 N–H and O–H groups in total. The molecule has 0 aliphatic carbocycles. The zero-order valence-corrected chi connectivity index (χ0v) is 26.5. The Bertz CT molecular complexity index is 2870. The summed E-state index contributed by atoms with van der Waals surface area (Å²) in [6.07, 6.45) is 0. The summed E-state index contributed by atoms with van der Waals surface area (Å²) in [5.41, 5.74) is 11.3. The molecule has 0 aliphatic heterocycles. The first-order valence-electron chi connectivity index (χ1n) is 16.6. The van der Waals surface area contributed by atoms with Crippen molar-refractivity contribution in [2.75, 3.05) is 0 Å². The molecular formula is C46H29FN2. The van der Waals surface area contributed by atoms with Gasteiger partial charge in [-0.25, -0.2) is 4.39 Å². The van der Waals surface area contributed by atoms with Gasteiger partial charge in [-0.05, 0) is 93.7 Å². The standard InChI is InChI=1S/C46H29FN2/c47-36-20-23-37(24-21-36)48-43-11-5-3-9-39(43)41-25-18-34(28-45(41)48)31-13-15-32(16-14-31)35-19-26-42-40-10-4-6-12-44(40)49(46(42)29-35)38-22-17-30-7-1-2-8-33(30)27-38/h1-29H. The predicted octanol–water partition coefficient (Wildman–Crippen LogP) is 12.5. The fourth-order valence-electron chi connectivity index (χ4n) is 7.62. The summed E-state index contributed by atoms with van der Waals surface area (Å²) in [6, 6.07) is 61.4. The predicted molar refractivity (Wildman–Crippen MR) is 203 cm³/mol. The first-order chi connectivity index (χ1) is 24.2. The molecular weight excluding hydrogens is 600 g/mol. The van der Waals surface area contributed by atoms with Gasteiger partial charge in [0.1, 0.15) is 5.82 Å². The van der Waals surface area contributed by atoms with Gasteiger partial charge in [0.15, 0.2) is 0 Å². The Hall–Kier alpha value is -6.45. The molecule has 2 aromatic heterocycles. The molecule has 230 valence electrons. The van der Waals surface area contributed by atoms with Crippen molar-refractivity contribution in [2.45, 2.75) is 0 Å². The number of rotatable bonds is 4. The van der Waals surface area contributed by atoms with Crippen LogP contribution < -0.4 is 0 Å². The molecule has 2 heterocycles. The Kier molecular flexibility index (Phi) is 6.09. The minimum Gasteiger partial charge on any atom is -0.309 e. The van der Waals surface area contributed by atoms with E-state index in [1.807, 2.05) is 12.1 Å². The number of fused-ring (bicyclic) bond motifs is 7. The summed E-state index contributed by atoms with van der Waals surface area (Å²) in [5, 5.41) is 7.32. The van der Waals surface area contributed by atoms with Crippen LogP contribution in [0.5, 0.6) is 0 Å². The second kappa shape index (κ2) is 10.8. The Morgan fingerprint density at radius 3 is 1.35 bits per heavy atom. The molecule has 3 heteroatoms. The summed E-state index contributed by atoms with van der Waals surface area (Å²) in [7, 11) is 0. The normalized spacial score (nSPS) is 11.8. The van der Waals surface area contributed by atoms with E-state index < -0.39 is 0 Å². The Balaban J connectivity index is 1.08. The van der Waals surface area contributed by atoms with Crippen LogP contribution in [0.1, 0.15) is 0 Å². The van der Waals surface area contributed by atoms with Crippen molar-refractivity contribution in [2.24, 2.45) is 0 Å². The van der Waals surface area contributed by atoms with Gasteiger partial charge >= 0.3 is 0 Å². The number of hydrogen-bond acceptors (Lipinski definition) is 0. The fourth-order valence-corrected chi connectivity index (χ4v) is 7.62. The lowest BCUT2D eigenvalue weighted by Gasteiger charge is -2.11. The van der Waals surface area contributed by atoms with Crippen LogP contribution in [0.25, 0.3) is 88.0 Å². The van der Waals surface area contributed by atoms with Crippen molar-refractivity contribution in [3.05, 3.63) is 182 Å². The Morgan fingerprint density at radius 1 is 0.306 bits per heavy atom. The molecule has 2 nitrogen and oxygen atoms in total. The van der Waals surface area contributed by atoms with E-state index in [1.165, 1.54) is 66.6 Å². The van der Waals surface area contributed by atoms with Gasteiger partial charge in [0.05, 0.1) is 22.1 Å². The van der Waals surface area contributed by atoms with E-state index in [1.54, 1.807) is 0 Å². The first-order valence-corrected chi connectivity index (χ1v) is 16.6. The first kappa shape index (κ1) is 27.6. The second-order valence-corrected chi connectivity index (χ2v) is 12.8. The number of benzene rings is 8. The average Bonchev–Trinajstić information content (AvgIpc) is 3.67. The van der Waals surface area contributed by atoms with Crippen LogP contribution in [-0.4, -0.2) is 9.13 Å². The minimum absolute atomic E-state index is 0.236. The molecule has 8 aromatic carbocycles. The van der Waals surface area contributed by atoms with Gasteiger partial charge in [0.2, 0.25) is 0 Å². The van der Waals surface area contributed by atoms with E-state index in [4.69, 9.17) is 0 Å². The van der Waals surface area contributed by atoms with Crippen LogP contribution in [-0.2, 0) is 0 Å². The molecule has 0 saturated carbocycles. The van der Waals surface area contributed by atoms with Crippen molar-refractivity contribution in [1.82, 2.24) is 9.13 Å². The highest BCUT2D eigenvalue weighted by Gasteiger charge is 2.15. The molecule has 10 rings (SSSR count). The van der Waals surface area contributed by atoms with Gasteiger partial charge in [-0.1, -0.05) is 115 Å². The fraction of sp³-hybridized carbons (Fsp3) is 0. The van der Waals surface area contributed by atoms with Gasteiger partial charge < -0.3 is 9.13 Å². The smallest absolute Gasteiger partial charge is 0.123 e. The van der Waals surface area contributed by atoms with E-state index in [0.717, 1.165) is 33.5 Å². The van der Waals surface area contributed by atoms with E-state index >= 15 is 0 Å². The van der Waals surface area contributed by atoms with E-state index in [2.05, 4.69) is 161 Å². The van der Waals surface area contributed by atoms with Gasteiger partial charge in [-0.15, -0.1) is 0 Å². The van der Waals surface area contributed by atoms with E-state index in [0.29, 0.717) is 0 Å². The van der Waals surface area contributed by atoms with Crippen molar-refractivity contribution < 1.29 is 4.39 Å². The lowest BCUT2D eigenvalue weighted by molar-refractivity contribution is 0.627.